The third kappa shape index (κ3) is 4.60. The van der Waals surface area contributed by atoms with E-state index in [0.717, 1.165) is 11.4 Å². The van der Waals surface area contributed by atoms with Gasteiger partial charge in [0.1, 0.15) is 0 Å². The average Bonchev–Trinajstić information content (AvgIpc) is 2.56. The zero-order chi connectivity index (χ0) is 17.5. The number of rotatable bonds is 7. The first kappa shape index (κ1) is 18.1. The van der Waals surface area contributed by atoms with Gasteiger partial charge in [-0.15, -0.1) is 0 Å². The molecule has 1 N–H and O–H groups in total. The van der Waals surface area contributed by atoms with Gasteiger partial charge in [0.25, 0.3) is 0 Å². The third-order valence-corrected chi connectivity index (χ3v) is 4.17. The van der Waals surface area contributed by atoms with E-state index in [4.69, 9.17) is 0 Å². The first-order chi connectivity index (χ1) is 11.5. The van der Waals surface area contributed by atoms with Crippen molar-refractivity contribution in [1.29, 1.82) is 0 Å². The molecule has 0 radical (unpaired) electrons. The molecule has 3 heteroatoms. The van der Waals surface area contributed by atoms with E-state index in [1.807, 2.05) is 43.0 Å². The summed E-state index contributed by atoms with van der Waals surface area (Å²) in [6, 6.07) is 16.4. The highest BCUT2D eigenvalue weighted by molar-refractivity contribution is 5.93. The fraction of sp³-hybridized carbons (Fsp3) is 0.381. The fourth-order valence-electron chi connectivity index (χ4n) is 2.90. The molecule has 2 rings (SSSR count). The number of hydrogen-bond donors (Lipinski definition) is 1. The lowest BCUT2D eigenvalue weighted by molar-refractivity contribution is -0.118. The molecule has 0 fully saturated rings. The van der Waals surface area contributed by atoms with Crippen molar-refractivity contribution >= 4 is 17.3 Å². The van der Waals surface area contributed by atoms with Crippen molar-refractivity contribution in [2.45, 2.75) is 40.0 Å². The van der Waals surface area contributed by atoms with E-state index in [1.54, 1.807) is 0 Å². The van der Waals surface area contributed by atoms with Gasteiger partial charge in [0.05, 0.1) is 0 Å². The number of nitrogens with one attached hydrogen (secondary N) is 1. The zero-order valence-corrected chi connectivity index (χ0v) is 15.2. The average molecular weight is 324 g/mol. The van der Waals surface area contributed by atoms with Crippen LogP contribution in [0.3, 0.4) is 0 Å². The van der Waals surface area contributed by atoms with Crippen LogP contribution in [0.15, 0.2) is 48.5 Å². The number of aryl methyl sites for hydroxylation is 1. The maximum Gasteiger partial charge on any atom is 0.228 e. The van der Waals surface area contributed by atoms with Crippen LogP contribution in [0.4, 0.5) is 11.4 Å². The second-order valence-electron chi connectivity index (χ2n) is 6.40. The summed E-state index contributed by atoms with van der Waals surface area (Å²) in [7, 11) is 0. The lowest BCUT2D eigenvalue weighted by Crippen LogP contribution is -2.32. The third-order valence-electron chi connectivity index (χ3n) is 4.17. The Hall–Kier alpha value is -2.29. The van der Waals surface area contributed by atoms with Gasteiger partial charge in [-0.2, -0.15) is 0 Å². The Bertz CT molecular complexity index is 679. The van der Waals surface area contributed by atoms with Crippen LogP contribution in [-0.4, -0.2) is 19.0 Å². The lowest BCUT2D eigenvalue weighted by Gasteiger charge is -2.22. The summed E-state index contributed by atoms with van der Waals surface area (Å²) >= 11 is 0. The number of hydrogen-bond acceptors (Lipinski definition) is 2. The van der Waals surface area contributed by atoms with Crippen LogP contribution >= 0.6 is 0 Å². The first-order valence-corrected chi connectivity index (χ1v) is 8.72. The van der Waals surface area contributed by atoms with Crippen molar-refractivity contribution in [2.75, 3.05) is 23.3 Å². The molecule has 0 saturated carbocycles. The van der Waals surface area contributed by atoms with Crippen molar-refractivity contribution in [2.24, 2.45) is 0 Å². The molecular weight excluding hydrogens is 296 g/mol. The highest BCUT2D eigenvalue weighted by Crippen LogP contribution is 2.23. The van der Waals surface area contributed by atoms with Crippen molar-refractivity contribution in [3.63, 3.8) is 0 Å². The molecule has 0 spiro atoms. The van der Waals surface area contributed by atoms with Gasteiger partial charge >= 0.3 is 0 Å². The SMILES string of the molecule is CCN(C(=O)CCNc1ccccc1C(C)C)c1cccc(C)c1. The van der Waals surface area contributed by atoms with E-state index >= 15 is 0 Å². The number of anilines is 2. The molecule has 24 heavy (non-hydrogen) atoms. The monoisotopic (exact) mass is 324 g/mol. The molecule has 0 saturated heterocycles. The van der Waals surface area contributed by atoms with Gasteiger partial charge in [0.15, 0.2) is 0 Å². The number of carbonyl (C=O) groups is 1. The quantitative estimate of drug-likeness (QED) is 0.779. The molecule has 0 aliphatic rings. The van der Waals surface area contributed by atoms with Crippen molar-refractivity contribution < 1.29 is 4.79 Å². The van der Waals surface area contributed by atoms with E-state index in [9.17, 15) is 4.79 Å². The second-order valence-corrected chi connectivity index (χ2v) is 6.40. The lowest BCUT2D eigenvalue weighted by atomic mass is 10.0. The van der Waals surface area contributed by atoms with Crippen molar-refractivity contribution in [3.05, 3.63) is 59.7 Å². The summed E-state index contributed by atoms with van der Waals surface area (Å²) in [6.07, 6.45) is 0.480. The van der Waals surface area contributed by atoms with E-state index in [1.165, 1.54) is 11.1 Å². The molecule has 0 unspecified atom stereocenters. The van der Waals surface area contributed by atoms with E-state index in [2.05, 4.69) is 43.4 Å². The molecule has 0 aromatic heterocycles. The molecule has 0 heterocycles. The number of benzene rings is 2. The highest BCUT2D eigenvalue weighted by atomic mass is 16.2. The molecule has 0 aliphatic carbocycles. The Morgan fingerprint density at radius 3 is 2.54 bits per heavy atom. The smallest absolute Gasteiger partial charge is 0.228 e. The Kier molecular flexibility index (Phi) is 6.42. The molecule has 1 amide bonds. The van der Waals surface area contributed by atoms with Gasteiger partial charge < -0.3 is 10.2 Å². The molecule has 2 aromatic rings. The number of amides is 1. The Labute approximate surface area is 145 Å². The fourth-order valence-corrected chi connectivity index (χ4v) is 2.90. The summed E-state index contributed by atoms with van der Waals surface area (Å²) < 4.78 is 0. The second kappa shape index (κ2) is 8.53. The van der Waals surface area contributed by atoms with E-state index in [-0.39, 0.29) is 5.91 Å². The van der Waals surface area contributed by atoms with Gasteiger partial charge in [-0.1, -0.05) is 44.2 Å². The summed E-state index contributed by atoms with van der Waals surface area (Å²) in [6.45, 7) is 9.76. The molecule has 0 bridgehead atoms. The Morgan fingerprint density at radius 1 is 1.12 bits per heavy atom. The normalized spacial score (nSPS) is 10.7. The first-order valence-electron chi connectivity index (χ1n) is 8.72. The minimum absolute atomic E-state index is 0.151. The van der Waals surface area contributed by atoms with Crippen molar-refractivity contribution in [1.82, 2.24) is 0 Å². The summed E-state index contributed by atoms with van der Waals surface area (Å²) in [5.74, 6) is 0.612. The van der Waals surface area contributed by atoms with Gasteiger partial charge in [-0.05, 0) is 49.1 Å². The molecule has 3 nitrogen and oxygen atoms in total. The van der Waals surface area contributed by atoms with Crippen LogP contribution in [0.2, 0.25) is 0 Å². The predicted molar refractivity (Wildman–Crippen MR) is 103 cm³/mol. The van der Waals surface area contributed by atoms with Gasteiger partial charge in [-0.25, -0.2) is 0 Å². The van der Waals surface area contributed by atoms with Gasteiger partial charge in [0.2, 0.25) is 5.91 Å². The van der Waals surface area contributed by atoms with Crippen LogP contribution in [0, 0.1) is 6.92 Å². The summed E-state index contributed by atoms with van der Waals surface area (Å²) in [5, 5.41) is 3.42. The van der Waals surface area contributed by atoms with Gasteiger partial charge in [-0.3, -0.25) is 4.79 Å². The van der Waals surface area contributed by atoms with Crippen LogP contribution in [0.5, 0.6) is 0 Å². The van der Waals surface area contributed by atoms with E-state index < -0.39 is 0 Å². The zero-order valence-electron chi connectivity index (χ0n) is 15.2. The summed E-state index contributed by atoms with van der Waals surface area (Å²) in [5.41, 5.74) is 4.56. The Balaban J connectivity index is 1.97. The molecule has 2 aromatic carbocycles. The number of para-hydroxylation sites is 1. The van der Waals surface area contributed by atoms with Crippen molar-refractivity contribution in [3.8, 4) is 0 Å². The van der Waals surface area contributed by atoms with Crippen LogP contribution in [-0.2, 0) is 4.79 Å². The standard InChI is InChI=1S/C21H28N2O/c1-5-23(18-10-8-9-17(4)15-18)21(24)13-14-22-20-12-7-6-11-19(20)16(2)3/h6-12,15-16,22H,5,13-14H2,1-4H3. The largest absolute Gasteiger partial charge is 0.384 e. The minimum Gasteiger partial charge on any atom is -0.384 e. The van der Waals surface area contributed by atoms with E-state index in [0.29, 0.717) is 25.4 Å². The molecule has 0 aliphatic heterocycles. The van der Waals surface area contributed by atoms with Crippen LogP contribution in [0.1, 0.15) is 44.2 Å². The van der Waals surface area contributed by atoms with Gasteiger partial charge in [0, 0.05) is 30.9 Å². The number of nitrogens with zero attached hydrogens (tertiary/aromatic N) is 1. The summed E-state index contributed by atoms with van der Waals surface area (Å²) in [4.78, 5) is 14.4. The molecule has 128 valence electrons. The van der Waals surface area contributed by atoms with Crippen LogP contribution < -0.4 is 10.2 Å². The number of carbonyl (C=O) groups excluding carboxylic acids is 1. The van der Waals surface area contributed by atoms with Crippen LogP contribution in [0.25, 0.3) is 0 Å². The topological polar surface area (TPSA) is 32.3 Å². The highest BCUT2D eigenvalue weighted by Gasteiger charge is 2.14. The minimum atomic E-state index is 0.151. The molecule has 0 atom stereocenters. The maximum atomic E-state index is 12.6. The Morgan fingerprint density at radius 2 is 1.88 bits per heavy atom. The maximum absolute atomic E-state index is 12.6. The predicted octanol–water partition coefficient (Wildman–Crippen LogP) is 4.97. The molecular formula is C21H28N2O.